The Hall–Kier alpha value is -3.73. The monoisotopic (exact) mass is 411 g/mol. The van der Waals surface area contributed by atoms with Gasteiger partial charge in [-0.3, -0.25) is 14.5 Å². The van der Waals surface area contributed by atoms with E-state index in [0.717, 1.165) is 16.3 Å². The standard InChI is InChI=1S/C26H21NO4/c28-23-13-5-12-22-25(23)21(20-11-4-7-16-6-1-2-10-19(16)20)15-24(29)27(22)18-9-3-8-17(14-18)26(30)31/h1-4,6-11,14,21H,5,12-13,15H2,(H,30,31). The minimum atomic E-state index is -1.05. The Balaban J connectivity index is 1.70. The number of aromatic carboxylic acids is 1. The van der Waals surface area contributed by atoms with E-state index in [1.54, 1.807) is 17.0 Å². The molecule has 0 bridgehead atoms. The van der Waals surface area contributed by atoms with Gasteiger partial charge in [0.1, 0.15) is 0 Å². The molecule has 1 aliphatic carbocycles. The quantitative estimate of drug-likeness (QED) is 0.653. The number of fused-ring (bicyclic) bond motifs is 1. The molecule has 1 atom stereocenters. The molecule has 154 valence electrons. The molecule has 5 rings (SSSR count). The molecule has 2 aliphatic rings. The van der Waals surface area contributed by atoms with Crippen molar-refractivity contribution < 1.29 is 19.5 Å². The summed E-state index contributed by atoms with van der Waals surface area (Å²) < 4.78 is 0. The number of anilines is 1. The third-order valence-corrected chi connectivity index (χ3v) is 6.23. The zero-order valence-corrected chi connectivity index (χ0v) is 16.9. The van der Waals surface area contributed by atoms with E-state index in [1.807, 2.05) is 42.5 Å². The van der Waals surface area contributed by atoms with Crippen LogP contribution in [0.2, 0.25) is 0 Å². The number of rotatable bonds is 3. The normalized spacial score (nSPS) is 19.0. The third kappa shape index (κ3) is 3.22. The summed E-state index contributed by atoms with van der Waals surface area (Å²) in [7, 11) is 0. The van der Waals surface area contributed by atoms with Crippen molar-refractivity contribution in [1.82, 2.24) is 0 Å². The van der Waals surface area contributed by atoms with Crippen molar-refractivity contribution in [2.45, 2.75) is 31.6 Å². The minimum Gasteiger partial charge on any atom is -0.478 e. The van der Waals surface area contributed by atoms with Gasteiger partial charge in [0.2, 0.25) is 5.91 Å². The molecule has 5 nitrogen and oxygen atoms in total. The molecule has 3 aromatic rings. The van der Waals surface area contributed by atoms with E-state index in [1.165, 1.54) is 12.1 Å². The molecule has 1 aliphatic heterocycles. The second-order valence-corrected chi connectivity index (χ2v) is 8.05. The van der Waals surface area contributed by atoms with Gasteiger partial charge < -0.3 is 5.11 Å². The topological polar surface area (TPSA) is 74.7 Å². The molecule has 0 spiro atoms. The van der Waals surface area contributed by atoms with Crippen LogP contribution in [0.3, 0.4) is 0 Å². The molecule has 3 aromatic carbocycles. The van der Waals surface area contributed by atoms with Gasteiger partial charge in [-0.1, -0.05) is 48.5 Å². The van der Waals surface area contributed by atoms with Crippen molar-refractivity contribution in [3.05, 3.63) is 89.1 Å². The summed E-state index contributed by atoms with van der Waals surface area (Å²) in [6, 6.07) is 20.4. The van der Waals surface area contributed by atoms with Crippen LogP contribution in [-0.2, 0) is 9.59 Å². The van der Waals surface area contributed by atoms with Crippen LogP contribution in [0.4, 0.5) is 5.69 Å². The van der Waals surface area contributed by atoms with Crippen molar-refractivity contribution in [2.24, 2.45) is 0 Å². The van der Waals surface area contributed by atoms with E-state index in [2.05, 4.69) is 0 Å². The number of allylic oxidation sites excluding steroid dienone is 2. The number of Topliss-reactive ketones (excluding diaryl/α,β-unsaturated/α-hetero) is 1. The molecule has 1 amide bonds. The number of carbonyl (C=O) groups excluding carboxylic acids is 2. The third-order valence-electron chi connectivity index (χ3n) is 6.23. The summed E-state index contributed by atoms with van der Waals surface area (Å²) in [6.45, 7) is 0. The zero-order valence-electron chi connectivity index (χ0n) is 16.9. The first-order chi connectivity index (χ1) is 15.0. The molecule has 31 heavy (non-hydrogen) atoms. The van der Waals surface area contributed by atoms with E-state index in [-0.39, 0.29) is 29.6 Å². The van der Waals surface area contributed by atoms with Crippen molar-refractivity contribution in [2.75, 3.05) is 4.90 Å². The lowest BCUT2D eigenvalue weighted by Gasteiger charge is -2.38. The van der Waals surface area contributed by atoms with Gasteiger partial charge >= 0.3 is 5.97 Å². The first-order valence-corrected chi connectivity index (χ1v) is 10.4. The Labute approximate surface area is 179 Å². The Morgan fingerprint density at radius 2 is 1.71 bits per heavy atom. The van der Waals surface area contributed by atoms with Crippen LogP contribution in [-0.4, -0.2) is 22.8 Å². The number of hydrogen-bond donors (Lipinski definition) is 1. The van der Waals surface area contributed by atoms with Crippen LogP contribution in [0, 0.1) is 0 Å². The van der Waals surface area contributed by atoms with Gasteiger partial charge in [0.15, 0.2) is 5.78 Å². The van der Waals surface area contributed by atoms with E-state index in [9.17, 15) is 19.5 Å². The maximum absolute atomic E-state index is 13.4. The van der Waals surface area contributed by atoms with Gasteiger partial charge in [-0.25, -0.2) is 4.79 Å². The molecule has 0 aromatic heterocycles. The molecular weight excluding hydrogens is 390 g/mol. The van der Waals surface area contributed by atoms with Crippen LogP contribution < -0.4 is 4.90 Å². The van der Waals surface area contributed by atoms with Crippen molar-refractivity contribution >= 4 is 34.1 Å². The summed E-state index contributed by atoms with van der Waals surface area (Å²) in [4.78, 5) is 39.5. The maximum Gasteiger partial charge on any atom is 0.335 e. The fourth-order valence-electron chi connectivity index (χ4n) is 4.89. The first kappa shape index (κ1) is 19.2. The first-order valence-electron chi connectivity index (χ1n) is 10.4. The highest BCUT2D eigenvalue weighted by Crippen LogP contribution is 2.44. The fraction of sp³-hybridized carbons (Fsp3) is 0.192. The lowest BCUT2D eigenvalue weighted by molar-refractivity contribution is -0.119. The summed E-state index contributed by atoms with van der Waals surface area (Å²) in [5.41, 5.74) is 3.03. The summed E-state index contributed by atoms with van der Waals surface area (Å²) in [5.74, 6) is -1.38. The minimum absolute atomic E-state index is 0.0751. The van der Waals surface area contributed by atoms with Gasteiger partial charge in [0, 0.05) is 35.7 Å². The average molecular weight is 411 g/mol. The highest BCUT2D eigenvalue weighted by Gasteiger charge is 2.40. The Bertz CT molecular complexity index is 1270. The number of carboxylic acids is 1. The average Bonchev–Trinajstić information content (AvgIpc) is 2.78. The van der Waals surface area contributed by atoms with E-state index in [4.69, 9.17) is 0 Å². The van der Waals surface area contributed by atoms with Gasteiger partial charge in [-0.05, 0) is 47.4 Å². The Morgan fingerprint density at radius 3 is 2.55 bits per heavy atom. The number of carbonyl (C=O) groups is 3. The number of ketones is 1. The Kier molecular flexibility index (Phi) is 4.66. The predicted octanol–water partition coefficient (Wildman–Crippen LogP) is 5.07. The second kappa shape index (κ2) is 7.51. The number of hydrogen-bond acceptors (Lipinski definition) is 3. The fourth-order valence-corrected chi connectivity index (χ4v) is 4.89. The van der Waals surface area contributed by atoms with E-state index >= 15 is 0 Å². The SMILES string of the molecule is O=C1CCCC2=C1C(c1cccc3ccccc13)CC(=O)N2c1cccc(C(=O)O)c1. The number of carboxylic acid groups (broad SMARTS) is 1. The van der Waals surface area contributed by atoms with E-state index < -0.39 is 5.97 Å². The number of amides is 1. The molecule has 0 saturated carbocycles. The Morgan fingerprint density at radius 1 is 0.935 bits per heavy atom. The summed E-state index contributed by atoms with van der Waals surface area (Å²) >= 11 is 0. The van der Waals surface area contributed by atoms with Crippen molar-refractivity contribution in [1.29, 1.82) is 0 Å². The smallest absolute Gasteiger partial charge is 0.335 e. The van der Waals surface area contributed by atoms with Crippen LogP contribution in [0.25, 0.3) is 10.8 Å². The highest BCUT2D eigenvalue weighted by atomic mass is 16.4. The van der Waals surface area contributed by atoms with Crippen molar-refractivity contribution in [3.8, 4) is 0 Å². The number of nitrogens with zero attached hydrogens (tertiary/aromatic N) is 1. The maximum atomic E-state index is 13.4. The number of benzene rings is 3. The summed E-state index contributed by atoms with van der Waals surface area (Å²) in [6.07, 6.45) is 1.95. The lowest BCUT2D eigenvalue weighted by Crippen LogP contribution is -2.40. The highest BCUT2D eigenvalue weighted by molar-refractivity contribution is 6.08. The van der Waals surface area contributed by atoms with Gasteiger partial charge in [-0.2, -0.15) is 0 Å². The molecule has 0 radical (unpaired) electrons. The van der Waals surface area contributed by atoms with Gasteiger partial charge in [0.25, 0.3) is 0 Å². The van der Waals surface area contributed by atoms with Crippen LogP contribution in [0.1, 0.15) is 47.5 Å². The van der Waals surface area contributed by atoms with E-state index in [0.29, 0.717) is 36.2 Å². The molecule has 1 heterocycles. The lowest BCUT2D eigenvalue weighted by atomic mass is 9.76. The second-order valence-electron chi connectivity index (χ2n) is 8.05. The van der Waals surface area contributed by atoms with Gasteiger partial charge in [0.05, 0.1) is 5.56 Å². The molecule has 5 heteroatoms. The van der Waals surface area contributed by atoms with Crippen molar-refractivity contribution in [3.63, 3.8) is 0 Å². The van der Waals surface area contributed by atoms with Crippen LogP contribution >= 0.6 is 0 Å². The molecular formula is C26H21NO4. The van der Waals surface area contributed by atoms with Crippen LogP contribution in [0.15, 0.2) is 78.0 Å². The molecule has 0 saturated heterocycles. The predicted molar refractivity (Wildman–Crippen MR) is 118 cm³/mol. The zero-order chi connectivity index (χ0) is 21.5. The molecule has 1 unspecified atom stereocenters. The summed E-state index contributed by atoms with van der Waals surface area (Å²) in [5, 5.41) is 11.5. The molecule has 0 fully saturated rings. The van der Waals surface area contributed by atoms with Crippen LogP contribution in [0.5, 0.6) is 0 Å². The largest absolute Gasteiger partial charge is 0.478 e. The molecule has 1 N–H and O–H groups in total. The van der Waals surface area contributed by atoms with Gasteiger partial charge in [-0.15, -0.1) is 0 Å².